The maximum absolute atomic E-state index is 12.0. The first-order valence-corrected chi connectivity index (χ1v) is 6.58. The molecule has 1 aromatic carbocycles. The lowest BCUT2D eigenvalue weighted by Crippen LogP contribution is -2.32. The van der Waals surface area contributed by atoms with Crippen molar-refractivity contribution in [3.63, 3.8) is 0 Å². The summed E-state index contributed by atoms with van der Waals surface area (Å²) in [6.07, 6.45) is 3.61. The fourth-order valence-corrected chi connectivity index (χ4v) is 2.34. The number of nitrogens with zero attached hydrogens (tertiary/aromatic N) is 2. The molecule has 1 saturated heterocycles. The normalized spacial score (nSPS) is 23.0. The van der Waals surface area contributed by atoms with Gasteiger partial charge in [0.15, 0.2) is 5.58 Å². The SMILES string of the molecule is CC1(O)CCN(C(=O)/C=C/c2nc3ccccc3o2)C1. The summed E-state index contributed by atoms with van der Waals surface area (Å²) in [4.78, 5) is 17.9. The van der Waals surface area contributed by atoms with Crippen molar-refractivity contribution in [2.45, 2.75) is 18.9 Å². The predicted octanol–water partition coefficient (Wildman–Crippen LogP) is 1.82. The highest BCUT2D eigenvalue weighted by Gasteiger charge is 2.33. The third-order valence-corrected chi connectivity index (χ3v) is 3.44. The summed E-state index contributed by atoms with van der Waals surface area (Å²) in [7, 11) is 0. The maximum atomic E-state index is 12.0. The van der Waals surface area contributed by atoms with Crippen LogP contribution in [0.15, 0.2) is 34.8 Å². The second-order valence-corrected chi connectivity index (χ2v) is 5.36. The molecule has 20 heavy (non-hydrogen) atoms. The standard InChI is InChI=1S/C15H16N2O3/c1-15(19)8-9-17(10-15)14(18)7-6-13-16-11-4-2-3-5-12(11)20-13/h2-7,19H,8-10H2,1H3/b7-6+. The van der Waals surface area contributed by atoms with E-state index in [0.717, 1.165) is 5.52 Å². The Kier molecular flexibility index (Phi) is 3.06. The Morgan fingerprint density at radius 2 is 2.30 bits per heavy atom. The van der Waals surface area contributed by atoms with Crippen molar-refractivity contribution in [2.75, 3.05) is 13.1 Å². The summed E-state index contributed by atoms with van der Waals surface area (Å²) >= 11 is 0. The molecule has 0 saturated carbocycles. The molecule has 1 amide bonds. The van der Waals surface area contributed by atoms with Crippen LogP contribution in [0.1, 0.15) is 19.2 Å². The van der Waals surface area contributed by atoms with Crippen LogP contribution in [0.3, 0.4) is 0 Å². The zero-order valence-electron chi connectivity index (χ0n) is 11.2. The van der Waals surface area contributed by atoms with Gasteiger partial charge in [0.1, 0.15) is 5.52 Å². The minimum absolute atomic E-state index is 0.134. The minimum Gasteiger partial charge on any atom is -0.437 e. The van der Waals surface area contributed by atoms with E-state index in [0.29, 0.717) is 31.0 Å². The topological polar surface area (TPSA) is 66.6 Å². The number of hydrogen-bond acceptors (Lipinski definition) is 4. The van der Waals surface area contributed by atoms with Gasteiger partial charge in [-0.05, 0) is 25.5 Å². The lowest BCUT2D eigenvalue weighted by Gasteiger charge is -2.17. The number of carbonyl (C=O) groups is 1. The van der Waals surface area contributed by atoms with Gasteiger partial charge >= 0.3 is 0 Å². The smallest absolute Gasteiger partial charge is 0.246 e. The van der Waals surface area contributed by atoms with Crippen LogP contribution >= 0.6 is 0 Å². The van der Waals surface area contributed by atoms with Gasteiger partial charge < -0.3 is 14.4 Å². The molecule has 2 aromatic rings. The molecule has 1 aliphatic rings. The Hall–Kier alpha value is -2.14. The van der Waals surface area contributed by atoms with Gasteiger partial charge in [0.25, 0.3) is 0 Å². The molecular formula is C15H16N2O3. The summed E-state index contributed by atoms with van der Waals surface area (Å²) in [6.45, 7) is 2.68. The summed E-state index contributed by atoms with van der Waals surface area (Å²) in [6, 6.07) is 7.45. The molecule has 0 spiro atoms. The van der Waals surface area contributed by atoms with Crippen molar-refractivity contribution in [3.05, 3.63) is 36.2 Å². The molecule has 5 nitrogen and oxygen atoms in total. The number of para-hydroxylation sites is 2. The summed E-state index contributed by atoms with van der Waals surface area (Å²) in [5.74, 6) is 0.274. The first-order valence-electron chi connectivity index (χ1n) is 6.58. The van der Waals surface area contributed by atoms with E-state index < -0.39 is 5.60 Å². The van der Waals surface area contributed by atoms with Gasteiger partial charge in [-0.25, -0.2) is 4.98 Å². The molecule has 1 fully saturated rings. The summed E-state index contributed by atoms with van der Waals surface area (Å²) in [5.41, 5.74) is 0.689. The van der Waals surface area contributed by atoms with Crippen molar-refractivity contribution >= 4 is 23.1 Å². The van der Waals surface area contributed by atoms with Crippen LogP contribution in [0.25, 0.3) is 17.2 Å². The Morgan fingerprint density at radius 3 is 3.00 bits per heavy atom. The quantitative estimate of drug-likeness (QED) is 0.847. The number of oxazole rings is 1. The molecular weight excluding hydrogens is 256 g/mol. The predicted molar refractivity (Wildman–Crippen MR) is 74.9 cm³/mol. The molecule has 1 aromatic heterocycles. The zero-order valence-corrected chi connectivity index (χ0v) is 11.2. The van der Waals surface area contributed by atoms with Crippen LogP contribution < -0.4 is 0 Å². The third-order valence-electron chi connectivity index (χ3n) is 3.44. The highest BCUT2D eigenvalue weighted by Crippen LogP contribution is 2.21. The lowest BCUT2D eigenvalue weighted by molar-refractivity contribution is -0.125. The number of fused-ring (bicyclic) bond motifs is 1. The fraction of sp³-hybridized carbons (Fsp3) is 0.333. The second-order valence-electron chi connectivity index (χ2n) is 5.36. The van der Waals surface area contributed by atoms with E-state index in [1.807, 2.05) is 24.3 Å². The van der Waals surface area contributed by atoms with Gasteiger partial charge in [-0.3, -0.25) is 4.79 Å². The highest BCUT2D eigenvalue weighted by atomic mass is 16.3. The van der Waals surface area contributed by atoms with Crippen LogP contribution in [-0.2, 0) is 4.79 Å². The van der Waals surface area contributed by atoms with E-state index in [1.165, 1.54) is 6.08 Å². The van der Waals surface area contributed by atoms with Crippen LogP contribution in [0.2, 0.25) is 0 Å². The number of likely N-dealkylation sites (tertiary alicyclic amines) is 1. The average Bonchev–Trinajstić information content (AvgIpc) is 2.98. The Morgan fingerprint density at radius 1 is 1.50 bits per heavy atom. The molecule has 0 radical (unpaired) electrons. The van der Waals surface area contributed by atoms with Gasteiger partial charge in [0, 0.05) is 25.2 Å². The lowest BCUT2D eigenvalue weighted by atomic mass is 10.1. The Labute approximate surface area is 116 Å². The van der Waals surface area contributed by atoms with Gasteiger partial charge in [-0.15, -0.1) is 0 Å². The number of rotatable bonds is 2. The number of benzene rings is 1. The number of hydrogen-bond donors (Lipinski definition) is 1. The molecule has 1 aliphatic heterocycles. The van der Waals surface area contributed by atoms with Crippen LogP contribution in [0.4, 0.5) is 0 Å². The van der Waals surface area contributed by atoms with E-state index in [1.54, 1.807) is 17.9 Å². The third kappa shape index (κ3) is 2.58. The second kappa shape index (κ2) is 4.76. The number of aliphatic hydroxyl groups is 1. The molecule has 0 aliphatic carbocycles. The summed E-state index contributed by atoms with van der Waals surface area (Å²) < 4.78 is 5.50. The van der Waals surface area contributed by atoms with E-state index >= 15 is 0 Å². The monoisotopic (exact) mass is 272 g/mol. The molecule has 1 N–H and O–H groups in total. The van der Waals surface area contributed by atoms with E-state index in [9.17, 15) is 9.90 Å². The number of β-amino-alcohol motifs (C(OH)–C–C–N with tert-alkyl or cyclic N) is 1. The number of carbonyl (C=O) groups excluding carboxylic acids is 1. The van der Waals surface area contributed by atoms with Gasteiger partial charge in [0.2, 0.25) is 11.8 Å². The molecule has 2 heterocycles. The van der Waals surface area contributed by atoms with Crippen LogP contribution in [0.5, 0.6) is 0 Å². The zero-order chi connectivity index (χ0) is 14.2. The van der Waals surface area contributed by atoms with E-state index in [4.69, 9.17) is 4.42 Å². The van der Waals surface area contributed by atoms with Gasteiger partial charge in [-0.1, -0.05) is 12.1 Å². The van der Waals surface area contributed by atoms with E-state index in [2.05, 4.69) is 4.98 Å². The van der Waals surface area contributed by atoms with E-state index in [-0.39, 0.29) is 5.91 Å². The van der Waals surface area contributed by atoms with Gasteiger partial charge in [-0.2, -0.15) is 0 Å². The molecule has 104 valence electrons. The van der Waals surface area contributed by atoms with Gasteiger partial charge in [0.05, 0.1) is 5.60 Å². The first-order chi connectivity index (χ1) is 9.53. The Balaban J connectivity index is 1.72. The number of aromatic nitrogens is 1. The number of amides is 1. The van der Waals surface area contributed by atoms with Crippen LogP contribution in [-0.4, -0.2) is 39.6 Å². The molecule has 3 rings (SSSR count). The molecule has 0 bridgehead atoms. The largest absolute Gasteiger partial charge is 0.437 e. The van der Waals surface area contributed by atoms with Crippen molar-refractivity contribution in [2.24, 2.45) is 0 Å². The molecule has 1 unspecified atom stereocenters. The molecule has 5 heteroatoms. The minimum atomic E-state index is -0.777. The average molecular weight is 272 g/mol. The maximum Gasteiger partial charge on any atom is 0.246 e. The van der Waals surface area contributed by atoms with Crippen molar-refractivity contribution in [1.82, 2.24) is 9.88 Å². The van der Waals surface area contributed by atoms with Crippen molar-refractivity contribution < 1.29 is 14.3 Å². The first kappa shape index (κ1) is 12.9. The highest BCUT2D eigenvalue weighted by molar-refractivity contribution is 5.91. The van der Waals surface area contributed by atoms with Crippen LogP contribution in [0, 0.1) is 0 Å². The molecule has 1 atom stereocenters. The fourth-order valence-electron chi connectivity index (χ4n) is 2.34. The van der Waals surface area contributed by atoms with Crippen molar-refractivity contribution in [3.8, 4) is 0 Å². The summed E-state index contributed by atoms with van der Waals surface area (Å²) in [5, 5.41) is 9.85. The Bertz CT molecular complexity index is 640. The van der Waals surface area contributed by atoms with Crippen molar-refractivity contribution in [1.29, 1.82) is 0 Å².